The highest BCUT2D eigenvalue weighted by Gasteiger charge is 2.26. The Kier molecular flexibility index (Phi) is 6.70. The van der Waals surface area contributed by atoms with Gasteiger partial charge in [-0.2, -0.15) is 9.78 Å². The summed E-state index contributed by atoms with van der Waals surface area (Å²) in [4.78, 5) is 25.0. The summed E-state index contributed by atoms with van der Waals surface area (Å²) < 4.78 is 6.89. The number of nitro benzene ring substituents is 1. The van der Waals surface area contributed by atoms with Crippen molar-refractivity contribution in [3.8, 4) is 10.7 Å². The number of esters is 1. The van der Waals surface area contributed by atoms with Gasteiger partial charge in [-0.1, -0.05) is 43.8 Å². The molecule has 170 valence electrons. The molecule has 0 amide bonds. The van der Waals surface area contributed by atoms with Gasteiger partial charge in [0.15, 0.2) is 5.82 Å². The maximum Gasteiger partial charge on any atom is 0.340 e. The average Bonchev–Trinajstić information content (AvgIpc) is 3.46. The second-order valence-corrected chi connectivity index (χ2v) is 9.33. The van der Waals surface area contributed by atoms with E-state index in [4.69, 9.17) is 4.74 Å². The smallest absolute Gasteiger partial charge is 0.340 e. The number of rotatable bonds is 7. The second kappa shape index (κ2) is 9.67. The summed E-state index contributed by atoms with van der Waals surface area (Å²) in [7, 11) is 0. The van der Waals surface area contributed by atoms with E-state index in [1.807, 2.05) is 31.4 Å². The highest BCUT2D eigenvalue weighted by molar-refractivity contribution is 7.99. The number of thiophene rings is 1. The van der Waals surface area contributed by atoms with Crippen LogP contribution in [-0.4, -0.2) is 43.8 Å². The van der Waals surface area contributed by atoms with E-state index in [2.05, 4.69) is 15.3 Å². The van der Waals surface area contributed by atoms with Crippen LogP contribution in [0.1, 0.15) is 37.8 Å². The Morgan fingerprint density at radius 3 is 2.82 bits per heavy atom. The molecule has 0 unspecified atom stereocenters. The lowest BCUT2D eigenvalue weighted by Crippen LogP contribution is -2.21. The Hall–Kier alpha value is -3.31. The number of carbonyl (C=O) groups is 1. The number of hydrogen-bond acceptors (Lipinski definition) is 9. The van der Waals surface area contributed by atoms with Crippen LogP contribution >= 0.6 is 23.1 Å². The average molecular weight is 484 g/mol. The van der Waals surface area contributed by atoms with Gasteiger partial charge in [0.1, 0.15) is 0 Å². The highest BCUT2D eigenvalue weighted by Crippen LogP contribution is 2.32. The molecule has 0 atom stereocenters. The fraction of sp³-hybridized carbons (Fsp3) is 0.273. The van der Waals surface area contributed by atoms with Crippen LogP contribution in [0.4, 0.5) is 5.69 Å². The van der Waals surface area contributed by atoms with Crippen molar-refractivity contribution in [1.82, 2.24) is 14.9 Å². The van der Waals surface area contributed by atoms with Crippen molar-refractivity contribution in [2.45, 2.75) is 31.8 Å². The third-order valence-electron chi connectivity index (χ3n) is 4.90. The molecule has 4 rings (SSSR count). The molecule has 0 fully saturated rings. The van der Waals surface area contributed by atoms with Crippen molar-refractivity contribution in [1.29, 1.82) is 0 Å². The van der Waals surface area contributed by atoms with Crippen molar-refractivity contribution >= 4 is 46.5 Å². The van der Waals surface area contributed by atoms with Crippen LogP contribution in [0, 0.1) is 10.1 Å². The molecule has 0 radical (unpaired) electrons. The van der Waals surface area contributed by atoms with Gasteiger partial charge in [0, 0.05) is 17.4 Å². The van der Waals surface area contributed by atoms with E-state index in [0.29, 0.717) is 33.6 Å². The van der Waals surface area contributed by atoms with E-state index >= 15 is 0 Å². The zero-order valence-electron chi connectivity index (χ0n) is 18.2. The van der Waals surface area contributed by atoms with E-state index < -0.39 is 10.9 Å². The predicted molar refractivity (Wildman–Crippen MR) is 129 cm³/mol. The lowest BCUT2D eigenvalue weighted by atomic mass is 9.98. The summed E-state index contributed by atoms with van der Waals surface area (Å²) in [5.41, 5.74) is 1.90. The molecular weight excluding hydrogens is 462 g/mol. The molecular formula is C22H21N5O4S2. The maximum atomic E-state index is 12.9. The summed E-state index contributed by atoms with van der Waals surface area (Å²) in [6, 6.07) is 8.81. The molecule has 0 bridgehead atoms. The Bertz CT molecular complexity index is 1260. The summed E-state index contributed by atoms with van der Waals surface area (Å²) >= 11 is 2.93. The van der Waals surface area contributed by atoms with Crippen LogP contribution in [0.15, 0.2) is 51.5 Å². The third-order valence-corrected chi connectivity index (χ3v) is 6.70. The number of carbonyl (C=O) groups excluding carboxylic acids is 1. The molecule has 9 nitrogen and oxygen atoms in total. The minimum absolute atomic E-state index is 0.00471. The monoisotopic (exact) mass is 483 g/mol. The minimum Gasteiger partial charge on any atom is -0.462 e. The standard InChI is InChI=1S/C22H21N5O4S2/c1-4-31-21(28)16(10-14-7-8-15(13(2)3)18(11-14)27(29)30)17-12-33-22-24-23-20(26(22)25-17)19-6-5-9-32-19/h5-11,13H,4,12H2,1-3H3/b16-10-. The number of nitrogens with zero attached hydrogens (tertiary/aromatic N) is 5. The second-order valence-electron chi connectivity index (χ2n) is 7.44. The highest BCUT2D eigenvalue weighted by atomic mass is 32.2. The van der Waals surface area contributed by atoms with Crippen molar-refractivity contribution in [3.05, 3.63) is 62.5 Å². The molecule has 0 N–H and O–H groups in total. The van der Waals surface area contributed by atoms with Gasteiger partial charge in [-0.15, -0.1) is 21.5 Å². The van der Waals surface area contributed by atoms with Crippen molar-refractivity contribution in [2.24, 2.45) is 5.10 Å². The van der Waals surface area contributed by atoms with Crippen LogP contribution in [0.25, 0.3) is 16.8 Å². The molecule has 33 heavy (non-hydrogen) atoms. The topological polar surface area (TPSA) is 113 Å². The molecule has 3 heterocycles. The molecule has 2 aromatic heterocycles. The van der Waals surface area contributed by atoms with Gasteiger partial charge < -0.3 is 4.74 Å². The molecule has 0 saturated carbocycles. The van der Waals surface area contributed by atoms with Crippen molar-refractivity contribution < 1.29 is 14.5 Å². The zero-order valence-corrected chi connectivity index (χ0v) is 19.9. The Balaban J connectivity index is 1.80. The van der Waals surface area contributed by atoms with Gasteiger partial charge >= 0.3 is 5.97 Å². The first-order valence-corrected chi connectivity index (χ1v) is 12.1. The fourth-order valence-corrected chi connectivity index (χ4v) is 4.87. The molecule has 11 heteroatoms. The number of hydrogen-bond donors (Lipinski definition) is 0. The quantitative estimate of drug-likeness (QED) is 0.201. The molecule has 0 spiro atoms. The van der Waals surface area contributed by atoms with Gasteiger partial charge in [0.05, 0.1) is 27.7 Å². The third kappa shape index (κ3) is 4.74. The first-order valence-electron chi connectivity index (χ1n) is 10.3. The first kappa shape index (κ1) is 22.9. The molecule has 1 aliphatic heterocycles. The van der Waals surface area contributed by atoms with Gasteiger partial charge in [0.25, 0.3) is 5.69 Å². The number of ether oxygens (including phenoxy) is 1. The zero-order chi connectivity index (χ0) is 23.5. The number of benzene rings is 1. The largest absolute Gasteiger partial charge is 0.462 e. The molecule has 1 aliphatic rings. The summed E-state index contributed by atoms with van der Waals surface area (Å²) in [5, 5.41) is 27.3. The van der Waals surface area contributed by atoms with Crippen molar-refractivity contribution in [2.75, 3.05) is 12.4 Å². The molecule has 0 aliphatic carbocycles. The number of aromatic nitrogens is 3. The Morgan fingerprint density at radius 2 is 2.15 bits per heavy atom. The summed E-state index contributed by atoms with van der Waals surface area (Å²) in [5.74, 6) is 0.431. The SMILES string of the molecule is CCOC(=O)/C(=C\c1ccc(C(C)C)c([N+](=O)[O-])c1)C1=Nn2c(nnc2-c2cccs2)SC1. The Labute approximate surface area is 198 Å². The lowest BCUT2D eigenvalue weighted by Gasteiger charge is -2.15. The van der Waals surface area contributed by atoms with E-state index in [1.54, 1.807) is 29.8 Å². The number of thioether (sulfide) groups is 1. The predicted octanol–water partition coefficient (Wildman–Crippen LogP) is 4.99. The van der Waals surface area contributed by atoms with E-state index in [-0.39, 0.29) is 23.8 Å². The molecule has 3 aromatic rings. The van der Waals surface area contributed by atoms with Gasteiger partial charge in [-0.05, 0) is 35.9 Å². The molecule has 0 saturated heterocycles. The Morgan fingerprint density at radius 1 is 1.33 bits per heavy atom. The number of nitro groups is 1. The maximum absolute atomic E-state index is 12.9. The van der Waals surface area contributed by atoms with Gasteiger partial charge in [0.2, 0.25) is 5.16 Å². The van der Waals surface area contributed by atoms with Crippen LogP contribution in [0.5, 0.6) is 0 Å². The van der Waals surface area contributed by atoms with Crippen LogP contribution in [-0.2, 0) is 9.53 Å². The normalized spacial score (nSPS) is 13.6. The van der Waals surface area contributed by atoms with E-state index in [1.165, 1.54) is 29.2 Å². The van der Waals surface area contributed by atoms with E-state index in [0.717, 1.165) is 4.88 Å². The van der Waals surface area contributed by atoms with Crippen molar-refractivity contribution in [3.63, 3.8) is 0 Å². The van der Waals surface area contributed by atoms with Gasteiger partial charge in [-0.25, -0.2) is 4.79 Å². The molecule has 1 aromatic carbocycles. The van der Waals surface area contributed by atoms with E-state index in [9.17, 15) is 14.9 Å². The van der Waals surface area contributed by atoms with Crippen LogP contribution in [0.2, 0.25) is 0 Å². The minimum atomic E-state index is -0.540. The van der Waals surface area contributed by atoms with Gasteiger partial charge in [-0.3, -0.25) is 10.1 Å². The first-order chi connectivity index (χ1) is 15.9. The lowest BCUT2D eigenvalue weighted by molar-refractivity contribution is -0.385. The van der Waals surface area contributed by atoms with Crippen LogP contribution in [0.3, 0.4) is 0 Å². The summed E-state index contributed by atoms with van der Waals surface area (Å²) in [6.07, 6.45) is 1.59. The fourth-order valence-electron chi connectivity index (χ4n) is 3.35. The van der Waals surface area contributed by atoms with Crippen LogP contribution < -0.4 is 0 Å². The number of fused-ring (bicyclic) bond motifs is 1. The summed E-state index contributed by atoms with van der Waals surface area (Å²) in [6.45, 7) is 5.72.